The van der Waals surface area contributed by atoms with Gasteiger partial charge in [0.05, 0.1) is 12.4 Å². The third-order valence-electron chi connectivity index (χ3n) is 4.05. The average Bonchev–Trinajstić information content (AvgIpc) is 3.06. The second-order valence-electron chi connectivity index (χ2n) is 5.78. The predicted octanol–water partition coefficient (Wildman–Crippen LogP) is -1.99. The molecule has 1 fully saturated rings. The number of halogens is 1. The van der Waals surface area contributed by atoms with Gasteiger partial charge in [0, 0.05) is 0 Å². The maximum Gasteiger partial charge on any atom is 0.280 e. The number of aliphatic hydroxyl groups excluding tert-OH is 2. The number of nitrogens with one attached hydrogen (secondary N) is 1. The van der Waals surface area contributed by atoms with Gasteiger partial charge in [-0.2, -0.15) is 4.98 Å². The molecule has 2 aromatic heterocycles. The molecule has 0 radical (unpaired) electrons. The quantitative estimate of drug-likeness (QED) is 0.388. The molecule has 0 saturated carbocycles. The molecule has 1 saturated heterocycles. The maximum atomic E-state index is 12.5. The Labute approximate surface area is 140 Å². The van der Waals surface area contributed by atoms with Crippen molar-refractivity contribution in [2.45, 2.75) is 37.0 Å². The van der Waals surface area contributed by atoms with E-state index in [1.807, 2.05) is 0 Å². The molecule has 1 aliphatic heterocycles. The highest BCUT2D eigenvalue weighted by atomic mass is 19.1. The van der Waals surface area contributed by atoms with E-state index in [0.717, 1.165) is 0 Å². The molecule has 5 atom stereocenters. The molecule has 1 unspecified atom stereocenters. The van der Waals surface area contributed by atoms with Crippen molar-refractivity contribution in [3.63, 3.8) is 0 Å². The van der Waals surface area contributed by atoms with Crippen molar-refractivity contribution >= 4 is 17.1 Å². The molecule has 0 spiro atoms. The summed E-state index contributed by atoms with van der Waals surface area (Å²) in [5.41, 5.74) is 9.46. The number of imidazole rings is 1. The van der Waals surface area contributed by atoms with Gasteiger partial charge in [-0.05, 0) is 6.92 Å². The molecule has 3 rings (SSSR count). The van der Waals surface area contributed by atoms with Crippen molar-refractivity contribution < 1.29 is 19.3 Å². The molecule has 0 aromatic carbocycles. The number of anilines is 1. The summed E-state index contributed by atoms with van der Waals surface area (Å²) >= 11 is 0. The van der Waals surface area contributed by atoms with Crippen molar-refractivity contribution in [3.05, 3.63) is 16.7 Å². The molecule has 2 aromatic rings. The van der Waals surface area contributed by atoms with Crippen molar-refractivity contribution in [3.8, 4) is 11.8 Å². The molecule has 11 heteroatoms. The van der Waals surface area contributed by atoms with Crippen LogP contribution in [0, 0.1) is 11.8 Å². The van der Waals surface area contributed by atoms with Crippen LogP contribution in [-0.2, 0) is 4.74 Å². The van der Waals surface area contributed by atoms with Crippen molar-refractivity contribution in [1.82, 2.24) is 19.5 Å². The van der Waals surface area contributed by atoms with Crippen LogP contribution >= 0.6 is 0 Å². The molecule has 1 aliphatic rings. The van der Waals surface area contributed by atoms with Crippen LogP contribution in [0.1, 0.15) is 13.2 Å². The number of hydrogen-bond acceptors (Lipinski definition) is 8. The first-order valence-corrected chi connectivity index (χ1v) is 7.38. The van der Waals surface area contributed by atoms with Crippen LogP contribution < -0.4 is 17.0 Å². The summed E-state index contributed by atoms with van der Waals surface area (Å²) in [6, 6.07) is 0. The van der Waals surface area contributed by atoms with Crippen molar-refractivity contribution in [2.24, 2.45) is 5.73 Å². The second-order valence-corrected chi connectivity index (χ2v) is 5.78. The Morgan fingerprint density at radius 3 is 3.00 bits per heavy atom. The standard InChI is InChI=1S/C14H17FN6O4/c1-6(22)8-9(23)14(17,3-2-4-15)12(25-8)21-5-18-7-10(21)19-13(16)20-11(7)24/h5-6,8-9,12,22-23H,4,17H2,1H3,(H3,16,19,20,24)/t6-,8+,9?,12+,14+/m0/s1. The molecule has 25 heavy (non-hydrogen) atoms. The summed E-state index contributed by atoms with van der Waals surface area (Å²) in [6.45, 7) is 0.430. The van der Waals surface area contributed by atoms with E-state index in [1.165, 1.54) is 17.8 Å². The lowest BCUT2D eigenvalue weighted by Crippen LogP contribution is -2.54. The molecule has 10 nitrogen and oxygen atoms in total. The number of H-pyrrole nitrogens is 1. The third kappa shape index (κ3) is 2.65. The van der Waals surface area contributed by atoms with Crippen LogP contribution in [0.5, 0.6) is 0 Å². The number of nitrogens with zero attached hydrogens (tertiary/aromatic N) is 3. The van der Waals surface area contributed by atoms with Gasteiger partial charge in [0.2, 0.25) is 5.95 Å². The van der Waals surface area contributed by atoms with E-state index < -0.39 is 42.3 Å². The number of fused-ring (bicyclic) bond motifs is 1. The summed E-state index contributed by atoms with van der Waals surface area (Å²) < 4.78 is 19.5. The highest BCUT2D eigenvalue weighted by Crippen LogP contribution is 2.38. The zero-order valence-electron chi connectivity index (χ0n) is 13.2. The first-order valence-electron chi connectivity index (χ1n) is 7.38. The zero-order chi connectivity index (χ0) is 18.4. The Morgan fingerprint density at radius 2 is 2.36 bits per heavy atom. The Morgan fingerprint density at radius 1 is 1.64 bits per heavy atom. The normalized spacial score (nSPS) is 30.2. The van der Waals surface area contributed by atoms with Gasteiger partial charge in [0.15, 0.2) is 22.9 Å². The smallest absolute Gasteiger partial charge is 0.280 e. The molecule has 134 valence electrons. The van der Waals surface area contributed by atoms with E-state index >= 15 is 0 Å². The van der Waals surface area contributed by atoms with E-state index in [9.17, 15) is 19.4 Å². The number of hydrogen-bond donors (Lipinski definition) is 5. The number of aromatic amines is 1. The number of nitrogen functional groups attached to an aromatic ring is 1. The lowest BCUT2D eigenvalue weighted by molar-refractivity contribution is -0.0756. The van der Waals surface area contributed by atoms with Gasteiger partial charge in [0.1, 0.15) is 18.9 Å². The van der Waals surface area contributed by atoms with E-state index in [2.05, 4.69) is 26.8 Å². The molecule has 3 heterocycles. The number of aromatic nitrogens is 4. The highest BCUT2D eigenvalue weighted by Gasteiger charge is 2.56. The van der Waals surface area contributed by atoms with E-state index in [-0.39, 0.29) is 17.1 Å². The van der Waals surface area contributed by atoms with Crippen LogP contribution in [0.15, 0.2) is 11.1 Å². The molecule has 0 aliphatic carbocycles. The fourth-order valence-electron chi connectivity index (χ4n) is 2.86. The number of ether oxygens (including phenoxy) is 1. The lowest BCUT2D eigenvalue weighted by atomic mass is 9.90. The van der Waals surface area contributed by atoms with Gasteiger partial charge >= 0.3 is 0 Å². The van der Waals surface area contributed by atoms with Crippen molar-refractivity contribution in [2.75, 3.05) is 12.4 Å². The van der Waals surface area contributed by atoms with Crippen LogP contribution in [-0.4, -0.2) is 60.3 Å². The van der Waals surface area contributed by atoms with Crippen molar-refractivity contribution in [1.29, 1.82) is 0 Å². The summed E-state index contributed by atoms with van der Waals surface area (Å²) in [6.07, 6.45) is -3.53. The SMILES string of the molecule is C[C@H](O)[C@H]1O[C@@H](n2cnc3c(=O)[nH]c(N)nc32)[C@@](N)(C#CCF)C1O. The predicted molar refractivity (Wildman–Crippen MR) is 84.8 cm³/mol. The van der Waals surface area contributed by atoms with Gasteiger partial charge in [-0.25, -0.2) is 9.37 Å². The Kier molecular flexibility index (Phi) is 4.21. The van der Waals surface area contributed by atoms with Crippen LogP contribution in [0.4, 0.5) is 10.3 Å². The van der Waals surface area contributed by atoms with E-state index in [0.29, 0.717) is 0 Å². The molecule has 0 bridgehead atoms. The number of alkyl halides is 1. The van der Waals surface area contributed by atoms with Gasteiger partial charge in [-0.15, -0.1) is 0 Å². The first kappa shape index (κ1) is 17.3. The number of nitrogens with two attached hydrogens (primary N) is 2. The fraction of sp³-hybridized carbons (Fsp3) is 0.500. The summed E-state index contributed by atoms with van der Waals surface area (Å²) in [7, 11) is 0. The largest absolute Gasteiger partial charge is 0.391 e. The van der Waals surface area contributed by atoms with Gasteiger partial charge in [-0.1, -0.05) is 11.8 Å². The lowest BCUT2D eigenvalue weighted by Gasteiger charge is -2.27. The molecular weight excluding hydrogens is 335 g/mol. The minimum atomic E-state index is -1.76. The summed E-state index contributed by atoms with van der Waals surface area (Å²) in [5, 5.41) is 20.3. The van der Waals surface area contributed by atoms with E-state index in [4.69, 9.17) is 16.2 Å². The fourth-order valence-corrected chi connectivity index (χ4v) is 2.86. The average molecular weight is 352 g/mol. The maximum absolute atomic E-state index is 12.5. The Hall–Kier alpha value is -2.52. The molecule has 0 amide bonds. The van der Waals surface area contributed by atoms with Gasteiger partial charge in [-0.3, -0.25) is 14.3 Å². The minimum Gasteiger partial charge on any atom is -0.391 e. The van der Waals surface area contributed by atoms with Gasteiger partial charge in [0.25, 0.3) is 5.56 Å². The minimum absolute atomic E-state index is 0.0198. The number of rotatable bonds is 2. The molecular formula is C14H17FN6O4. The van der Waals surface area contributed by atoms with Crippen LogP contribution in [0.25, 0.3) is 11.2 Å². The zero-order valence-corrected chi connectivity index (χ0v) is 13.2. The Bertz CT molecular complexity index is 915. The molecule has 7 N–H and O–H groups in total. The van der Waals surface area contributed by atoms with E-state index in [1.54, 1.807) is 0 Å². The van der Waals surface area contributed by atoms with Gasteiger partial charge < -0.3 is 26.4 Å². The van der Waals surface area contributed by atoms with Crippen LogP contribution in [0.3, 0.4) is 0 Å². The third-order valence-corrected chi connectivity index (χ3v) is 4.05. The summed E-state index contributed by atoms with van der Waals surface area (Å²) in [5.74, 6) is 4.47. The highest BCUT2D eigenvalue weighted by molar-refractivity contribution is 5.70. The first-order chi connectivity index (χ1) is 11.8. The monoisotopic (exact) mass is 352 g/mol. The Balaban J connectivity index is 2.18. The topological polar surface area (TPSA) is 165 Å². The second kappa shape index (κ2) is 6.08. The summed E-state index contributed by atoms with van der Waals surface area (Å²) in [4.78, 5) is 22.2. The number of aliphatic hydroxyl groups is 2. The van der Waals surface area contributed by atoms with Crippen LogP contribution in [0.2, 0.25) is 0 Å².